The van der Waals surface area contributed by atoms with Crippen molar-refractivity contribution in [2.45, 2.75) is 32.6 Å². The van der Waals surface area contributed by atoms with Crippen molar-refractivity contribution in [1.29, 1.82) is 0 Å². The summed E-state index contributed by atoms with van der Waals surface area (Å²) in [6, 6.07) is 8.11. The molecule has 1 aliphatic heterocycles. The van der Waals surface area contributed by atoms with Crippen LogP contribution in [0, 0.1) is 5.92 Å². The first-order valence-corrected chi connectivity index (χ1v) is 7.79. The molecule has 0 aromatic heterocycles. The van der Waals surface area contributed by atoms with Crippen LogP contribution in [0.1, 0.15) is 38.2 Å². The minimum atomic E-state index is 0.295. The quantitative estimate of drug-likeness (QED) is 0.685. The maximum Gasteiger partial charge on any atom is 0.191 e. The number of likely N-dealkylation sites (tertiary alicyclic amines) is 1. The highest BCUT2D eigenvalue weighted by molar-refractivity contribution is 5.78. The summed E-state index contributed by atoms with van der Waals surface area (Å²) in [6.07, 6.45) is 2.41. The van der Waals surface area contributed by atoms with Gasteiger partial charge in [-0.3, -0.25) is 4.99 Å². The number of piperidine rings is 1. The van der Waals surface area contributed by atoms with Crippen LogP contribution >= 0.6 is 0 Å². The summed E-state index contributed by atoms with van der Waals surface area (Å²) >= 11 is 0. The zero-order chi connectivity index (χ0) is 15.2. The summed E-state index contributed by atoms with van der Waals surface area (Å²) < 4.78 is 5.41. The van der Waals surface area contributed by atoms with Gasteiger partial charge < -0.3 is 15.4 Å². The van der Waals surface area contributed by atoms with Crippen molar-refractivity contribution in [1.82, 2.24) is 4.90 Å². The molecule has 1 heterocycles. The molecule has 1 saturated heterocycles. The Hall–Kier alpha value is -1.71. The Morgan fingerprint density at radius 3 is 2.71 bits per heavy atom. The predicted molar refractivity (Wildman–Crippen MR) is 87.9 cm³/mol. The molecule has 0 radical (unpaired) electrons. The fourth-order valence-corrected chi connectivity index (χ4v) is 2.74. The van der Waals surface area contributed by atoms with Crippen LogP contribution in [0.5, 0.6) is 5.75 Å². The third-order valence-electron chi connectivity index (χ3n) is 4.30. The number of hydrogen-bond acceptors (Lipinski definition) is 2. The second-order valence-corrected chi connectivity index (χ2v) is 6.01. The lowest BCUT2D eigenvalue weighted by atomic mass is 9.99. The Morgan fingerprint density at radius 2 is 2.05 bits per heavy atom. The molecule has 4 heteroatoms. The topological polar surface area (TPSA) is 50.9 Å². The van der Waals surface area contributed by atoms with Crippen molar-refractivity contribution < 1.29 is 4.74 Å². The van der Waals surface area contributed by atoms with Gasteiger partial charge in [-0.15, -0.1) is 0 Å². The van der Waals surface area contributed by atoms with E-state index in [-0.39, 0.29) is 0 Å². The average Bonchev–Trinajstić information content (AvgIpc) is 2.52. The van der Waals surface area contributed by atoms with Crippen molar-refractivity contribution in [3.63, 3.8) is 0 Å². The van der Waals surface area contributed by atoms with Crippen LogP contribution in [-0.4, -0.2) is 37.6 Å². The lowest BCUT2D eigenvalue weighted by Gasteiger charge is -2.31. The predicted octanol–water partition coefficient (Wildman–Crippen LogP) is 2.85. The van der Waals surface area contributed by atoms with Crippen LogP contribution in [0.25, 0.3) is 0 Å². The smallest absolute Gasteiger partial charge is 0.191 e. The third-order valence-corrected chi connectivity index (χ3v) is 4.30. The highest BCUT2D eigenvalue weighted by Gasteiger charge is 2.17. The highest BCUT2D eigenvalue weighted by atomic mass is 16.5. The van der Waals surface area contributed by atoms with Crippen LogP contribution in [-0.2, 0) is 0 Å². The van der Waals surface area contributed by atoms with Crippen LogP contribution in [0.15, 0.2) is 29.3 Å². The summed E-state index contributed by atoms with van der Waals surface area (Å²) in [5, 5.41) is 0. The molecule has 1 aromatic carbocycles. The van der Waals surface area contributed by atoms with Gasteiger partial charge in [0.05, 0.1) is 7.11 Å². The van der Waals surface area contributed by atoms with Crippen LogP contribution in [0.4, 0.5) is 0 Å². The monoisotopic (exact) mass is 289 g/mol. The molecule has 1 unspecified atom stereocenters. The van der Waals surface area contributed by atoms with Gasteiger partial charge in [-0.2, -0.15) is 0 Å². The first-order chi connectivity index (χ1) is 10.1. The Labute approximate surface area is 128 Å². The second kappa shape index (κ2) is 7.34. The number of nitrogens with zero attached hydrogens (tertiary/aromatic N) is 2. The van der Waals surface area contributed by atoms with Gasteiger partial charge in [0.1, 0.15) is 5.75 Å². The third kappa shape index (κ3) is 4.13. The molecular formula is C17H27N3O. The molecule has 1 aliphatic rings. The summed E-state index contributed by atoms with van der Waals surface area (Å²) in [5.74, 6) is 2.71. The maximum absolute atomic E-state index is 6.14. The number of ether oxygens (including phenoxy) is 1. The number of hydrogen-bond donors (Lipinski definition) is 1. The molecule has 2 rings (SSSR count). The zero-order valence-corrected chi connectivity index (χ0v) is 13.4. The van der Waals surface area contributed by atoms with E-state index in [0.29, 0.717) is 18.4 Å². The minimum Gasteiger partial charge on any atom is -0.496 e. The van der Waals surface area contributed by atoms with E-state index in [2.05, 4.69) is 29.8 Å². The van der Waals surface area contributed by atoms with Crippen LogP contribution in [0.3, 0.4) is 0 Å². The van der Waals surface area contributed by atoms with Crippen LogP contribution in [0.2, 0.25) is 0 Å². The molecule has 4 nitrogen and oxygen atoms in total. The average molecular weight is 289 g/mol. The normalized spacial score (nSPS) is 18.6. The van der Waals surface area contributed by atoms with Crippen molar-refractivity contribution in [3.8, 4) is 5.75 Å². The number of methoxy groups -OCH3 is 1. The Balaban J connectivity index is 1.96. The van der Waals surface area contributed by atoms with E-state index < -0.39 is 0 Å². The van der Waals surface area contributed by atoms with E-state index in [0.717, 1.165) is 24.8 Å². The molecule has 1 aromatic rings. The first kappa shape index (κ1) is 15.7. The Morgan fingerprint density at radius 1 is 1.38 bits per heavy atom. The lowest BCUT2D eigenvalue weighted by Crippen LogP contribution is -2.42. The standard InChI is InChI=1S/C17H27N3O/c1-13-8-10-20(11-9-13)17(18)19-12-14(2)15-6-4-5-7-16(15)21-3/h4-7,13-14H,8-12H2,1-3H3,(H2,18,19). The number of benzene rings is 1. The lowest BCUT2D eigenvalue weighted by molar-refractivity contribution is 0.277. The van der Waals surface area contributed by atoms with E-state index in [4.69, 9.17) is 10.5 Å². The number of para-hydroxylation sites is 1. The molecular weight excluding hydrogens is 262 g/mol. The SMILES string of the molecule is COc1ccccc1C(C)CN=C(N)N1CCC(C)CC1. The molecule has 0 spiro atoms. The molecule has 0 aliphatic carbocycles. The zero-order valence-electron chi connectivity index (χ0n) is 13.4. The summed E-state index contributed by atoms with van der Waals surface area (Å²) in [4.78, 5) is 6.79. The first-order valence-electron chi connectivity index (χ1n) is 7.79. The van der Waals surface area contributed by atoms with Gasteiger partial charge >= 0.3 is 0 Å². The van der Waals surface area contributed by atoms with Crippen molar-refractivity contribution in [2.24, 2.45) is 16.6 Å². The number of aliphatic imine (C=N–C) groups is 1. The fraction of sp³-hybridized carbons (Fsp3) is 0.588. The van der Waals surface area contributed by atoms with Gasteiger partial charge in [0.2, 0.25) is 0 Å². The van der Waals surface area contributed by atoms with Gasteiger partial charge in [-0.05, 0) is 30.4 Å². The van der Waals surface area contributed by atoms with E-state index in [9.17, 15) is 0 Å². The molecule has 0 saturated carbocycles. The molecule has 2 N–H and O–H groups in total. The Bertz CT molecular complexity index is 479. The second-order valence-electron chi connectivity index (χ2n) is 6.01. The molecule has 116 valence electrons. The van der Waals surface area contributed by atoms with Gasteiger partial charge in [-0.1, -0.05) is 32.0 Å². The summed E-state index contributed by atoms with van der Waals surface area (Å²) in [7, 11) is 1.71. The number of nitrogens with two attached hydrogens (primary N) is 1. The number of guanidine groups is 1. The van der Waals surface area contributed by atoms with E-state index >= 15 is 0 Å². The molecule has 0 amide bonds. The van der Waals surface area contributed by atoms with Gasteiger partial charge in [0, 0.05) is 25.6 Å². The fourth-order valence-electron chi connectivity index (χ4n) is 2.74. The van der Waals surface area contributed by atoms with Gasteiger partial charge in [0.25, 0.3) is 0 Å². The molecule has 21 heavy (non-hydrogen) atoms. The Kier molecular flexibility index (Phi) is 5.48. The van der Waals surface area contributed by atoms with Crippen molar-refractivity contribution in [2.75, 3.05) is 26.7 Å². The van der Waals surface area contributed by atoms with E-state index in [1.807, 2.05) is 18.2 Å². The molecule has 1 atom stereocenters. The minimum absolute atomic E-state index is 0.295. The summed E-state index contributed by atoms with van der Waals surface area (Å²) in [6.45, 7) is 7.21. The van der Waals surface area contributed by atoms with E-state index in [1.165, 1.54) is 18.4 Å². The van der Waals surface area contributed by atoms with Crippen molar-refractivity contribution in [3.05, 3.63) is 29.8 Å². The van der Waals surface area contributed by atoms with Gasteiger partial charge in [-0.25, -0.2) is 0 Å². The molecule has 0 bridgehead atoms. The molecule has 1 fully saturated rings. The van der Waals surface area contributed by atoms with Gasteiger partial charge in [0.15, 0.2) is 5.96 Å². The van der Waals surface area contributed by atoms with Crippen LogP contribution < -0.4 is 10.5 Å². The largest absolute Gasteiger partial charge is 0.496 e. The number of rotatable bonds is 4. The highest BCUT2D eigenvalue weighted by Crippen LogP contribution is 2.26. The van der Waals surface area contributed by atoms with Crippen molar-refractivity contribution >= 4 is 5.96 Å². The summed E-state index contributed by atoms with van der Waals surface area (Å²) in [5.41, 5.74) is 7.32. The van der Waals surface area contributed by atoms with E-state index in [1.54, 1.807) is 7.11 Å². The maximum atomic E-state index is 6.14.